The minimum absolute atomic E-state index is 0.139. The lowest BCUT2D eigenvalue weighted by atomic mass is 10.1. The molecule has 1 amide bonds. The lowest BCUT2D eigenvalue weighted by molar-refractivity contribution is -0.139. The number of carbonyl (C=O) groups excluding carboxylic acids is 1. The summed E-state index contributed by atoms with van der Waals surface area (Å²) in [5.74, 6) is -1.12. The Kier molecular flexibility index (Phi) is 4.35. The molecule has 0 aromatic carbocycles. The summed E-state index contributed by atoms with van der Waals surface area (Å²) in [5.41, 5.74) is 0.954. The Morgan fingerprint density at radius 3 is 2.82 bits per heavy atom. The predicted molar refractivity (Wildman–Crippen MR) is 80.6 cm³/mol. The van der Waals surface area contributed by atoms with Crippen LogP contribution in [0.1, 0.15) is 26.3 Å². The van der Waals surface area contributed by atoms with Crippen LogP contribution in [0, 0.1) is 0 Å². The van der Waals surface area contributed by atoms with Crippen LogP contribution in [0.3, 0.4) is 0 Å². The fraction of sp³-hybridized carbons (Fsp3) is 0.400. The molecule has 0 aliphatic carbocycles. The summed E-state index contributed by atoms with van der Waals surface area (Å²) >= 11 is 0. The van der Waals surface area contributed by atoms with Crippen molar-refractivity contribution in [2.75, 3.05) is 0 Å². The Bertz CT molecular complexity index is 687. The van der Waals surface area contributed by atoms with Crippen LogP contribution in [0.5, 0.6) is 0 Å². The molecule has 1 unspecified atom stereocenters. The van der Waals surface area contributed by atoms with Gasteiger partial charge in [-0.3, -0.25) is 4.98 Å². The monoisotopic (exact) mass is 305 g/mol. The summed E-state index contributed by atoms with van der Waals surface area (Å²) in [4.78, 5) is 30.2. The van der Waals surface area contributed by atoms with Crippen molar-refractivity contribution in [2.45, 2.75) is 38.8 Å². The second kappa shape index (κ2) is 6.05. The summed E-state index contributed by atoms with van der Waals surface area (Å²) in [7, 11) is 0. The van der Waals surface area contributed by atoms with Gasteiger partial charge >= 0.3 is 12.1 Å². The summed E-state index contributed by atoms with van der Waals surface area (Å²) in [6.45, 7) is 5.15. The van der Waals surface area contributed by atoms with E-state index in [1.54, 1.807) is 45.4 Å². The van der Waals surface area contributed by atoms with Crippen LogP contribution in [0.2, 0.25) is 0 Å². The van der Waals surface area contributed by atoms with Gasteiger partial charge in [0.15, 0.2) is 0 Å². The van der Waals surface area contributed by atoms with Crippen LogP contribution in [0.25, 0.3) is 10.9 Å². The van der Waals surface area contributed by atoms with Gasteiger partial charge in [-0.25, -0.2) is 9.59 Å². The van der Waals surface area contributed by atoms with Gasteiger partial charge in [0.2, 0.25) is 0 Å². The molecule has 118 valence electrons. The van der Waals surface area contributed by atoms with E-state index in [2.05, 4.69) is 15.3 Å². The number of rotatable bonds is 4. The Morgan fingerprint density at radius 1 is 1.45 bits per heavy atom. The lowest BCUT2D eigenvalue weighted by Crippen LogP contribution is -2.44. The maximum absolute atomic E-state index is 11.7. The third-order valence-electron chi connectivity index (χ3n) is 2.98. The minimum atomic E-state index is -1.12. The first-order valence-corrected chi connectivity index (χ1v) is 6.88. The fourth-order valence-corrected chi connectivity index (χ4v) is 2.06. The molecule has 0 aliphatic rings. The van der Waals surface area contributed by atoms with E-state index in [9.17, 15) is 14.7 Å². The molecular weight excluding hydrogens is 286 g/mol. The van der Waals surface area contributed by atoms with E-state index in [4.69, 9.17) is 4.74 Å². The molecule has 0 spiro atoms. The second-order valence-electron chi connectivity index (χ2n) is 5.98. The van der Waals surface area contributed by atoms with Gasteiger partial charge in [0, 0.05) is 35.9 Å². The number of nitrogens with one attached hydrogen (secondary N) is 2. The molecule has 2 heterocycles. The molecule has 0 saturated heterocycles. The van der Waals surface area contributed by atoms with Crippen molar-refractivity contribution in [3.63, 3.8) is 0 Å². The Balaban J connectivity index is 2.12. The lowest BCUT2D eigenvalue weighted by Gasteiger charge is -2.21. The smallest absolute Gasteiger partial charge is 0.408 e. The molecule has 0 saturated carbocycles. The third-order valence-corrected chi connectivity index (χ3v) is 2.98. The number of carbonyl (C=O) groups is 2. The number of amides is 1. The molecule has 1 atom stereocenters. The molecule has 2 aromatic heterocycles. The van der Waals surface area contributed by atoms with Crippen LogP contribution in [0.15, 0.2) is 24.7 Å². The van der Waals surface area contributed by atoms with Crippen molar-refractivity contribution in [3.8, 4) is 0 Å². The highest BCUT2D eigenvalue weighted by atomic mass is 16.6. The molecule has 0 radical (unpaired) electrons. The van der Waals surface area contributed by atoms with E-state index >= 15 is 0 Å². The standard InChI is InChI=1S/C15H19N3O4/c1-15(2,3)22-14(21)18-12(13(19)20)6-9-7-17-11-4-5-16-8-10(9)11/h4-5,7-8,12,17H,6H2,1-3H3,(H,18,21)(H,19,20). The molecule has 3 N–H and O–H groups in total. The van der Waals surface area contributed by atoms with Crippen LogP contribution in [-0.2, 0) is 16.0 Å². The molecule has 22 heavy (non-hydrogen) atoms. The largest absolute Gasteiger partial charge is 0.480 e. The second-order valence-corrected chi connectivity index (χ2v) is 5.98. The number of hydrogen-bond acceptors (Lipinski definition) is 4. The van der Waals surface area contributed by atoms with Crippen LogP contribution in [0.4, 0.5) is 4.79 Å². The van der Waals surface area contributed by atoms with E-state index in [1.165, 1.54) is 0 Å². The Morgan fingerprint density at radius 2 is 2.18 bits per heavy atom. The zero-order chi connectivity index (χ0) is 16.3. The molecule has 7 heteroatoms. The quantitative estimate of drug-likeness (QED) is 0.802. The Hall–Kier alpha value is -2.57. The van der Waals surface area contributed by atoms with E-state index in [0.717, 1.165) is 16.5 Å². The van der Waals surface area contributed by atoms with Crippen molar-refractivity contribution < 1.29 is 19.4 Å². The zero-order valence-electron chi connectivity index (χ0n) is 12.7. The molecule has 2 aromatic rings. The molecule has 2 rings (SSSR count). The minimum Gasteiger partial charge on any atom is -0.480 e. The van der Waals surface area contributed by atoms with Gasteiger partial charge in [-0.05, 0) is 32.4 Å². The molecule has 0 fully saturated rings. The van der Waals surface area contributed by atoms with Crippen LogP contribution in [-0.4, -0.2) is 38.8 Å². The van der Waals surface area contributed by atoms with E-state index in [-0.39, 0.29) is 6.42 Å². The topological polar surface area (TPSA) is 104 Å². The van der Waals surface area contributed by atoms with Gasteiger partial charge in [0.05, 0.1) is 0 Å². The number of nitrogens with zero attached hydrogens (tertiary/aromatic N) is 1. The number of H-pyrrole nitrogens is 1. The van der Waals surface area contributed by atoms with Crippen LogP contribution < -0.4 is 5.32 Å². The highest BCUT2D eigenvalue weighted by molar-refractivity contribution is 5.84. The average molecular weight is 305 g/mol. The maximum atomic E-state index is 11.7. The maximum Gasteiger partial charge on any atom is 0.408 e. The van der Waals surface area contributed by atoms with E-state index in [0.29, 0.717) is 0 Å². The number of alkyl carbamates (subject to hydrolysis) is 1. The number of carboxylic acid groups (broad SMARTS) is 1. The summed E-state index contributed by atoms with van der Waals surface area (Å²) in [5, 5.41) is 12.5. The van der Waals surface area contributed by atoms with Gasteiger partial charge in [0.25, 0.3) is 0 Å². The van der Waals surface area contributed by atoms with Gasteiger partial charge in [-0.15, -0.1) is 0 Å². The number of aliphatic carboxylic acids is 1. The molecule has 0 aliphatic heterocycles. The van der Waals surface area contributed by atoms with Crippen molar-refractivity contribution in [2.24, 2.45) is 0 Å². The Labute approximate surface area is 127 Å². The van der Waals surface area contributed by atoms with Crippen molar-refractivity contribution >= 4 is 23.0 Å². The van der Waals surface area contributed by atoms with Gasteiger partial charge in [-0.2, -0.15) is 0 Å². The zero-order valence-corrected chi connectivity index (χ0v) is 12.7. The highest BCUT2D eigenvalue weighted by Gasteiger charge is 2.25. The number of carboxylic acids is 1. The van der Waals surface area contributed by atoms with Gasteiger partial charge in [0.1, 0.15) is 11.6 Å². The van der Waals surface area contributed by atoms with Gasteiger partial charge in [-0.1, -0.05) is 0 Å². The third kappa shape index (κ3) is 3.97. The number of hydrogen-bond donors (Lipinski definition) is 3. The van der Waals surface area contributed by atoms with Crippen molar-refractivity contribution in [3.05, 3.63) is 30.2 Å². The highest BCUT2D eigenvalue weighted by Crippen LogP contribution is 2.18. The number of pyridine rings is 1. The summed E-state index contributed by atoms with van der Waals surface area (Å²) in [6.07, 6.45) is 4.42. The first-order chi connectivity index (χ1) is 10.3. The first-order valence-electron chi connectivity index (χ1n) is 6.88. The van der Waals surface area contributed by atoms with E-state index in [1.807, 2.05) is 0 Å². The number of aromatic nitrogens is 2. The van der Waals surface area contributed by atoms with Crippen molar-refractivity contribution in [1.29, 1.82) is 0 Å². The van der Waals surface area contributed by atoms with Gasteiger partial charge < -0.3 is 20.1 Å². The SMILES string of the molecule is CC(C)(C)OC(=O)NC(Cc1c[nH]c2ccncc12)C(=O)O. The molecular formula is C15H19N3O4. The van der Waals surface area contributed by atoms with Crippen LogP contribution >= 0.6 is 0 Å². The summed E-state index contributed by atoms with van der Waals surface area (Å²) in [6, 6.07) is 0.727. The number of fused-ring (bicyclic) bond motifs is 1. The molecule has 7 nitrogen and oxygen atoms in total. The first kappa shape index (κ1) is 15.8. The average Bonchev–Trinajstić information content (AvgIpc) is 2.79. The van der Waals surface area contributed by atoms with E-state index < -0.39 is 23.7 Å². The normalized spacial score (nSPS) is 12.9. The predicted octanol–water partition coefficient (Wildman–Crippen LogP) is 2.08. The number of ether oxygens (including phenoxy) is 1. The fourth-order valence-electron chi connectivity index (χ4n) is 2.06. The number of aromatic amines is 1. The molecule has 0 bridgehead atoms. The van der Waals surface area contributed by atoms with Crippen molar-refractivity contribution in [1.82, 2.24) is 15.3 Å². The summed E-state index contributed by atoms with van der Waals surface area (Å²) < 4.78 is 5.09.